The second-order valence-corrected chi connectivity index (χ2v) is 15.6. The van der Waals surface area contributed by atoms with Crippen LogP contribution in [0.2, 0.25) is 0 Å². The summed E-state index contributed by atoms with van der Waals surface area (Å²) in [7, 11) is 0. The number of fused-ring (bicyclic) bond motifs is 6. The molecule has 0 radical (unpaired) electrons. The lowest BCUT2D eigenvalue weighted by atomic mass is 9.32. The van der Waals surface area contributed by atoms with Gasteiger partial charge in [-0.2, -0.15) is 0 Å². The lowest BCUT2D eigenvalue weighted by Gasteiger charge is -2.64. The highest BCUT2D eigenvalue weighted by Crippen LogP contribution is 2.69. The summed E-state index contributed by atoms with van der Waals surface area (Å²) in [5.41, 5.74) is 17.2. The summed E-state index contributed by atoms with van der Waals surface area (Å²) < 4.78 is 0. The van der Waals surface area contributed by atoms with Gasteiger partial charge in [-0.05, 0) is 131 Å². The molecule has 4 fully saturated rings. The van der Waals surface area contributed by atoms with E-state index in [0.717, 1.165) is 23.7 Å². The Morgan fingerprint density at radius 3 is 2.00 bits per heavy atom. The van der Waals surface area contributed by atoms with E-state index in [1.807, 2.05) is 0 Å². The predicted octanol–water partition coefficient (Wildman–Crippen LogP) is 8.95. The molecule has 4 saturated carbocycles. The van der Waals surface area contributed by atoms with Crippen LogP contribution in [-0.2, 0) is 5.41 Å². The molecule has 1 spiro atoms. The fourth-order valence-electron chi connectivity index (χ4n) is 11.8. The lowest BCUT2D eigenvalue weighted by Crippen LogP contribution is -2.64. The normalized spacial score (nSPS) is 27.1. The summed E-state index contributed by atoms with van der Waals surface area (Å²) in [6.07, 6.45) is 7.10. The van der Waals surface area contributed by atoms with Crippen molar-refractivity contribution in [2.75, 3.05) is 9.80 Å². The van der Waals surface area contributed by atoms with Crippen LogP contribution in [0.15, 0.2) is 109 Å². The molecule has 4 bridgehead atoms. The molecule has 0 atom stereocenters. The number of hydrogen-bond donors (Lipinski definition) is 0. The molecule has 5 aromatic carbocycles. The number of benzene rings is 5. The highest BCUT2D eigenvalue weighted by Gasteiger charge is 2.62. The summed E-state index contributed by atoms with van der Waals surface area (Å²) >= 11 is 0. The molecule has 3 aliphatic heterocycles. The van der Waals surface area contributed by atoms with Gasteiger partial charge in [-0.25, -0.2) is 0 Å². The van der Waals surface area contributed by atoms with E-state index in [2.05, 4.69) is 133 Å². The average Bonchev–Trinajstić information content (AvgIpc) is 3.08. The summed E-state index contributed by atoms with van der Waals surface area (Å²) in [5.74, 6) is 3.82. The molecule has 224 valence electrons. The van der Waals surface area contributed by atoms with Crippen molar-refractivity contribution in [3.8, 4) is 0 Å². The van der Waals surface area contributed by atoms with E-state index >= 15 is 0 Å². The van der Waals surface area contributed by atoms with Gasteiger partial charge in [0.2, 0.25) is 0 Å². The number of hydrogen-bond acceptors (Lipinski definition) is 2. The van der Waals surface area contributed by atoms with Gasteiger partial charge in [-0.15, -0.1) is 0 Å². The maximum absolute atomic E-state index is 2.70. The molecule has 3 heterocycles. The molecule has 0 N–H and O–H groups in total. The second-order valence-electron chi connectivity index (χ2n) is 15.6. The summed E-state index contributed by atoms with van der Waals surface area (Å²) in [5, 5.41) is 0. The third kappa shape index (κ3) is 3.06. The van der Waals surface area contributed by atoms with Crippen LogP contribution in [0.25, 0.3) is 0 Å². The third-order valence-electron chi connectivity index (χ3n) is 13.2. The molecule has 0 unspecified atom stereocenters. The molecule has 7 aliphatic rings. The van der Waals surface area contributed by atoms with Crippen molar-refractivity contribution < 1.29 is 0 Å². The van der Waals surface area contributed by atoms with E-state index in [1.54, 1.807) is 11.1 Å². The quantitative estimate of drug-likeness (QED) is 0.185. The van der Waals surface area contributed by atoms with Crippen LogP contribution in [0.1, 0.15) is 68.6 Å². The van der Waals surface area contributed by atoms with Crippen LogP contribution in [0.4, 0.5) is 34.1 Å². The first-order valence-corrected chi connectivity index (χ1v) is 17.8. The van der Waals surface area contributed by atoms with Gasteiger partial charge in [0.1, 0.15) is 0 Å². The number of nitrogens with zero attached hydrogens (tertiary/aromatic N) is 2. The first-order chi connectivity index (χ1) is 22.6. The van der Waals surface area contributed by atoms with Crippen molar-refractivity contribution in [2.24, 2.45) is 23.7 Å². The molecule has 12 rings (SSSR count). The zero-order valence-corrected chi connectivity index (χ0v) is 26.8. The molecule has 0 amide bonds. The zero-order chi connectivity index (χ0) is 30.3. The van der Waals surface area contributed by atoms with E-state index in [0.29, 0.717) is 5.92 Å². The van der Waals surface area contributed by atoms with Crippen LogP contribution in [0.3, 0.4) is 0 Å². The van der Waals surface area contributed by atoms with Crippen molar-refractivity contribution in [3.05, 3.63) is 126 Å². The molecular formula is C43H39BN2. The van der Waals surface area contributed by atoms with E-state index in [1.165, 1.54) is 88.2 Å². The van der Waals surface area contributed by atoms with Crippen molar-refractivity contribution in [2.45, 2.75) is 57.3 Å². The van der Waals surface area contributed by atoms with Gasteiger partial charge in [-0.3, -0.25) is 0 Å². The first kappa shape index (κ1) is 25.9. The molecule has 2 nitrogen and oxygen atoms in total. The van der Waals surface area contributed by atoms with Crippen LogP contribution in [0, 0.1) is 23.7 Å². The monoisotopic (exact) mass is 594 g/mol. The van der Waals surface area contributed by atoms with Crippen LogP contribution >= 0.6 is 0 Å². The maximum atomic E-state index is 2.70. The van der Waals surface area contributed by atoms with Gasteiger partial charge in [0, 0.05) is 33.9 Å². The number of rotatable bonds is 2. The largest absolute Gasteiger partial charge is 0.311 e. The van der Waals surface area contributed by atoms with E-state index in [-0.39, 0.29) is 12.1 Å². The Balaban J connectivity index is 1.23. The second kappa shape index (κ2) is 8.97. The van der Waals surface area contributed by atoms with Gasteiger partial charge in [-0.1, -0.05) is 86.6 Å². The number of anilines is 6. The molecule has 46 heavy (non-hydrogen) atoms. The minimum atomic E-state index is 0.121. The highest BCUT2D eigenvalue weighted by atomic mass is 15.2. The van der Waals surface area contributed by atoms with Gasteiger partial charge >= 0.3 is 0 Å². The minimum Gasteiger partial charge on any atom is -0.311 e. The van der Waals surface area contributed by atoms with Gasteiger partial charge in [0.25, 0.3) is 6.71 Å². The summed E-state index contributed by atoms with van der Waals surface area (Å²) in [6, 6.07) is 42.5. The molecular weight excluding hydrogens is 555 g/mol. The fourth-order valence-corrected chi connectivity index (χ4v) is 11.8. The topological polar surface area (TPSA) is 6.48 Å². The summed E-state index contributed by atoms with van der Waals surface area (Å²) in [4.78, 5) is 5.24. The highest BCUT2D eigenvalue weighted by molar-refractivity contribution is 7.00. The minimum absolute atomic E-state index is 0.121. The van der Waals surface area contributed by atoms with Crippen molar-refractivity contribution >= 4 is 57.2 Å². The van der Waals surface area contributed by atoms with Gasteiger partial charge < -0.3 is 9.80 Å². The molecule has 5 aromatic rings. The van der Waals surface area contributed by atoms with E-state index in [9.17, 15) is 0 Å². The maximum Gasteiger partial charge on any atom is 0.252 e. The Morgan fingerprint density at radius 1 is 0.587 bits per heavy atom. The lowest BCUT2D eigenvalue weighted by molar-refractivity contribution is -0.0419. The van der Waals surface area contributed by atoms with E-state index < -0.39 is 0 Å². The Morgan fingerprint density at radius 2 is 1.24 bits per heavy atom. The molecule has 4 aliphatic carbocycles. The van der Waals surface area contributed by atoms with Gasteiger partial charge in [0.15, 0.2) is 0 Å². The average molecular weight is 595 g/mol. The Kier molecular flexibility index (Phi) is 5.05. The Hall–Kier alpha value is -4.24. The number of para-hydroxylation sites is 3. The van der Waals surface area contributed by atoms with Crippen molar-refractivity contribution in [1.82, 2.24) is 0 Å². The molecule has 3 heteroatoms. The van der Waals surface area contributed by atoms with E-state index in [4.69, 9.17) is 0 Å². The standard InChI is InChI=1S/C43H39BN2/c1-26(2)29-18-19-35-40(25-29)45(32-10-4-3-5-11-32)38-16-9-17-39-41(38)44(35)36-14-8-13-34-42(36)46(39)37-15-7-6-12-33(37)43(34)30-21-27-20-28(23-30)24-31(43)22-27/h3-19,25-28,30-31H,20-24H2,1-2H3. The summed E-state index contributed by atoms with van der Waals surface area (Å²) in [6.45, 7) is 4.84. The van der Waals surface area contributed by atoms with Crippen LogP contribution < -0.4 is 26.2 Å². The molecule has 0 aromatic heterocycles. The smallest absolute Gasteiger partial charge is 0.252 e. The Bertz CT molecular complexity index is 2050. The van der Waals surface area contributed by atoms with Crippen molar-refractivity contribution in [1.29, 1.82) is 0 Å². The fraction of sp³-hybridized carbons (Fsp3) is 0.302. The van der Waals surface area contributed by atoms with Crippen LogP contribution in [-0.4, -0.2) is 6.71 Å². The third-order valence-corrected chi connectivity index (χ3v) is 13.2. The Labute approximate surface area is 273 Å². The zero-order valence-electron chi connectivity index (χ0n) is 26.8. The van der Waals surface area contributed by atoms with Crippen LogP contribution in [0.5, 0.6) is 0 Å². The first-order valence-electron chi connectivity index (χ1n) is 17.8. The van der Waals surface area contributed by atoms with Gasteiger partial charge in [0.05, 0.1) is 5.69 Å². The van der Waals surface area contributed by atoms with Crippen molar-refractivity contribution in [3.63, 3.8) is 0 Å². The molecule has 0 saturated heterocycles. The predicted molar refractivity (Wildman–Crippen MR) is 192 cm³/mol. The SMILES string of the molecule is CC(C)c1ccc2c(c1)N(c1ccccc1)c1cccc3c1B2c1cccc2c1N3c1ccccc1C21C2CC3CC(C2)CC1C3.